The lowest BCUT2D eigenvalue weighted by molar-refractivity contribution is -0.113. The summed E-state index contributed by atoms with van der Waals surface area (Å²) in [7, 11) is 0. The molecule has 5 aromatic rings. The van der Waals surface area contributed by atoms with Gasteiger partial charge in [-0.3, -0.25) is 4.79 Å². The van der Waals surface area contributed by atoms with Crippen LogP contribution < -0.4 is 11.1 Å². The van der Waals surface area contributed by atoms with Gasteiger partial charge in [0, 0.05) is 21.7 Å². The van der Waals surface area contributed by atoms with Gasteiger partial charge in [0.15, 0.2) is 10.3 Å². The maximum absolute atomic E-state index is 12.3. The first-order valence-electron chi connectivity index (χ1n) is 11.3. The zero-order valence-corrected chi connectivity index (χ0v) is 22.2. The number of carbonyl (C=O) groups is 1. The van der Waals surface area contributed by atoms with Crippen LogP contribution in [0.5, 0.6) is 0 Å². The Morgan fingerprint density at radius 2 is 1.81 bits per heavy atom. The van der Waals surface area contributed by atoms with E-state index in [-0.39, 0.29) is 16.9 Å². The van der Waals surface area contributed by atoms with E-state index in [1.54, 1.807) is 17.5 Å². The lowest BCUT2D eigenvalue weighted by Gasteiger charge is -2.30. The molecule has 3 N–H and O–H groups in total. The van der Waals surface area contributed by atoms with Gasteiger partial charge in [-0.15, -0.1) is 34.4 Å². The van der Waals surface area contributed by atoms with Gasteiger partial charge in [0.25, 0.3) is 0 Å². The summed E-state index contributed by atoms with van der Waals surface area (Å²) in [5.41, 5.74) is 10.4. The Bertz CT molecular complexity index is 1510. The number of thiophene rings is 1. The van der Waals surface area contributed by atoms with Crippen LogP contribution in [0.25, 0.3) is 10.2 Å². The predicted molar refractivity (Wildman–Crippen MR) is 152 cm³/mol. The van der Waals surface area contributed by atoms with Gasteiger partial charge in [-0.2, -0.15) is 0 Å². The maximum Gasteiger partial charge on any atom is 0.236 e. The molecule has 0 radical (unpaired) electrons. The van der Waals surface area contributed by atoms with Crippen LogP contribution in [0.15, 0.2) is 77.4 Å². The third-order valence-corrected chi connectivity index (χ3v) is 10.3. The molecule has 2 atom stereocenters. The minimum Gasteiger partial charge on any atom is -0.383 e. The Labute approximate surface area is 224 Å². The molecule has 0 aliphatic carbocycles. The number of anilines is 2. The molecule has 10 heteroatoms. The number of nitrogens with zero attached hydrogens (tertiary/aromatic N) is 3. The normalized spacial score (nSPS) is 17.1. The minimum absolute atomic E-state index is 0.145. The van der Waals surface area contributed by atoms with E-state index in [2.05, 4.69) is 75.9 Å². The SMILES string of the molecule is Nc1nc(SCC(=O)Nc2nccs2)nc2sc3c(c12)CC(c1ccccc1)SC3c1ccccc1. The van der Waals surface area contributed by atoms with Crippen LogP contribution in [-0.2, 0) is 11.2 Å². The van der Waals surface area contributed by atoms with Crippen LogP contribution in [0.2, 0.25) is 0 Å². The zero-order valence-electron chi connectivity index (χ0n) is 19.0. The number of nitrogens with two attached hydrogens (primary N) is 1. The fraction of sp³-hybridized carbons (Fsp3) is 0.154. The maximum atomic E-state index is 12.3. The molecule has 2 aromatic carbocycles. The van der Waals surface area contributed by atoms with Gasteiger partial charge >= 0.3 is 0 Å². The summed E-state index contributed by atoms with van der Waals surface area (Å²) in [5, 5.41) is 7.16. The molecule has 1 amide bonds. The van der Waals surface area contributed by atoms with Gasteiger partial charge in [0.1, 0.15) is 10.6 Å². The van der Waals surface area contributed by atoms with E-state index in [1.165, 1.54) is 44.7 Å². The van der Waals surface area contributed by atoms with E-state index in [9.17, 15) is 4.79 Å². The van der Waals surface area contributed by atoms with Crippen molar-refractivity contribution in [3.8, 4) is 0 Å². The molecule has 6 nitrogen and oxygen atoms in total. The average molecular weight is 548 g/mol. The number of nitrogen functional groups attached to an aromatic ring is 1. The quantitative estimate of drug-likeness (QED) is 0.183. The summed E-state index contributed by atoms with van der Waals surface area (Å²) in [5.74, 6) is 0.522. The molecule has 6 rings (SSSR count). The summed E-state index contributed by atoms with van der Waals surface area (Å²) in [4.78, 5) is 28.0. The van der Waals surface area contributed by atoms with E-state index in [4.69, 9.17) is 10.7 Å². The lowest BCUT2D eigenvalue weighted by Crippen LogP contribution is -2.14. The highest BCUT2D eigenvalue weighted by Crippen LogP contribution is 2.55. The average Bonchev–Trinajstić information content (AvgIpc) is 3.55. The zero-order chi connectivity index (χ0) is 24.5. The van der Waals surface area contributed by atoms with Crippen molar-refractivity contribution in [2.24, 2.45) is 0 Å². The molecule has 1 aliphatic rings. The van der Waals surface area contributed by atoms with Crippen molar-refractivity contribution in [1.82, 2.24) is 15.0 Å². The van der Waals surface area contributed by atoms with E-state index in [0.717, 1.165) is 16.6 Å². The van der Waals surface area contributed by atoms with Gasteiger partial charge in [0.05, 0.1) is 16.4 Å². The molecular weight excluding hydrogens is 527 g/mol. The van der Waals surface area contributed by atoms with Gasteiger partial charge in [-0.05, 0) is 23.1 Å². The van der Waals surface area contributed by atoms with Crippen LogP contribution in [0.3, 0.4) is 0 Å². The minimum atomic E-state index is -0.145. The number of fused-ring (bicyclic) bond motifs is 3. The van der Waals surface area contributed by atoms with E-state index >= 15 is 0 Å². The highest BCUT2D eigenvalue weighted by atomic mass is 32.2. The lowest BCUT2D eigenvalue weighted by atomic mass is 9.98. The number of nitrogens with one attached hydrogen (secondary N) is 1. The number of carbonyl (C=O) groups excluding carboxylic acids is 1. The van der Waals surface area contributed by atoms with Crippen molar-refractivity contribution in [1.29, 1.82) is 0 Å². The fourth-order valence-corrected chi connectivity index (χ4v) is 8.59. The Kier molecular flexibility index (Phi) is 6.66. The molecule has 4 heterocycles. The first kappa shape index (κ1) is 23.5. The molecule has 0 saturated carbocycles. The predicted octanol–water partition coefficient (Wildman–Crippen LogP) is 6.58. The Morgan fingerprint density at radius 1 is 1.06 bits per heavy atom. The van der Waals surface area contributed by atoms with Crippen molar-refractivity contribution < 1.29 is 4.79 Å². The van der Waals surface area contributed by atoms with Crippen LogP contribution >= 0.6 is 46.2 Å². The highest BCUT2D eigenvalue weighted by Gasteiger charge is 2.34. The second-order valence-electron chi connectivity index (χ2n) is 8.22. The first-order valence-corrected chi connectivity index (χ1v) is 14.9. The van der Waals surface area contributed by atoms with Crippen molar-refractivity contribution >= 4 is 73.3 Å². The number of thiazole rings is 1. The first-order chi connectivity index (χ1) is 17.7. The second kappa shape index (κ2) is 10.2. The third-order valence-electron chi connectivity index (χ3n) is 5.90. The molecule has 2 unspecified atom stereocenters. The monoisotopic (exact) mass is 547 g/mol. The van der Waals surface area contributed by atoms with Gasteiger partial charge in [-0.25, -0.2) is 15.0 Å². The molecule has 36 heavy (non-hydrogen) atoms. The highest BCUT2D eigenvalue weighted by molar-refractivity contribution is 8.00. The van der Waals surface area contributed by atoms with Crippen molar-refractivity contribution in [3.63, 3.8) is 0 Å². The van der Waals surface area contributed by atoms with Crippen molar-refractivity contribution in [2.45, 2.75) is 22.1 Å². The number of aromatic nitrogens is 3. The number of rotatable bonds is 6. The summed E-state index contributed by atoms with van der Waals surface area (Å²) in [6, 6.07) is 21.3. The summed E-state index contributed by atoms with van der Waals surface area (Å²) in [6.07, 6.45) is 2.54. The summed E-state index contributed by atoms with van der Waals surface area (Å²) < 4.78 is 0. The van der Waals surface area contributed by atoms with E-state index in [1.807, 2.05) is 17.1 Å². The number of hydrogen-bond donors (Lipinski definition) is 2. The topological polar surface area (TPSA) is 93.8 Å². The smallest absolute Gasteiger partial charge is 0.236 e. The summed E-state index contributed by atoms with van der Waals surface area (Å²) in [6.45, 7) is 0. The number of amides is 1. The Hall–Kier alpha value is -2.92. The molecule has 0 fully saturated rings. The van der Waals surface area contributed by atoms with Crippen molar-refractivity contribution in [2.75, 3.05) is 16.8 Å². The Morgan fingerprint density at radius 3 is 2.53 bits per heavy atom. The van der Waals surface area contributed by atoms with E-state index < -0.39 is 0 Å². The standard InChI is InChI=1S/C26H21N5OS4/c27-23-20-17-13-18(15-7-3-1-4-8-15)35-21(16-9-5-2-6-10-16)22(17)36-24(20)31-26(30-23)34-14-19(32)29-25-28-11-12-33-25/h1-12,18,21H,13-14H2,(H2,27,30,31)(H,28,29,32). The molecule has 1 aliphatic heterocycles. The fourth-order valence-electron chi connectivity index (χ4n) is 4.31. The second-order valence-corrected chi connectivity index (χ2v) is 12.4. The van der Waals surface area contributed by atoms with Crippen LogP contribution in [0, 0.1) is 0 Å². The third kappa shape index (κ3) is 4.73. The summed E-state index contributed by atoms with van der Waals surface area (Å²) >= 11 is 6.34. The number of thioether (sulfide) groups is 2. The van der Waals surface area contributed by atoms with Crippen molar-refractivity contribution in [3.05, 3.63) is 93.8 Å². The molecule has 0 saturated heterocycles. The number of hydrogen-bond acceptors (Lipinski definition) is 9. The molecule has 180 valence electrons. The molecule has 0 spiro atoms. The van der Waals surface area contributed by atoms with Gasteiger partial charge in [0.2, 0.25) is 5.91 Å². The van der Waals surface area contributed by atoms with Gasteiger partial charge in [-0.1, -0.05) is 72.4 Å². The van der Waals surface area contributed by atoms with Crippen LogP contribution in [0.4, 0.5) is 10.9 Å². The van der Waals surface area contributed by atoms with Crippen LogP contribution in [-0.4, -0.2) is 26.6 Å². The Balaban J connectivity index is 1.34. The molecular formula is C26H21N5OS4. The number of benzene rings is 2. The van der Waals surface area contributed by atoms with Crippen LogP contribution in [0.1, 0.15) is 32.1 Å². The molecule has 0 bridgehead atoms. The molecule has 3 aromatic heterocycles. The van der Waals surface area contributed by atoms with Gasteiger partial charge < -0.3 is 11.1 Å². The van der Waals surface area contributed by atoms with E-state index in [0.29, 0.717) is 21.4 Å². The largest absolute Gasteiger partial charge is 0.383 e.